The number of ether oxygens (including phenoxy) is 1. The first kappa shape index (κ1) is 17.7. The molecule has 0 heterocycles. The minimum Gasteiger partial charge on any atom is -0.491 e. The van der Waals surface area contributed by atoms with Crippen molar-refractivity contribution < 1.29 is 23.4 Å². The summed E-state index contributed by atoms with van der Waals surface area (Å²) in [4.78, 5) is 12.0. The van der Waals surface area contributed by atoms with E-state index in [0.29, 0.717) is 5.92 Å². The van der Waals surface area contributed by atoms with Crippen LogP contribution in [0, 0.1) is 23.5 Å². The van der Waals surface area contributed by atoms with E-state index in [-0.39, 0.29) is 30.7 Å². The summed E-state index contributed by atoms with van der Waals surface area (Å²) in [5.74, 6) is -1.16. The molecule has 1 aliphatic rings. The van der Waals surface area contributed by atoms with Gasteiger partial charge in [0, 0.05) is 18.5 Å². The van der Waals surface area contributed by atoms with Gasteiger partial charge in [0.15, 0.2) is 11.6 Å². The van der Waals surface area contributed by atoms with Crippen LogP contribution in [0.2, 0.25) is 0 Å². The molecule has 1 aromatic carbocycles. The zero-order chi connectivity index (χ0) is 16.8. The molecular weight excluding hydrogens is 304 g/mol. The minimum absolute atomic E-state index is 0.0190. The number of carbonyl (C=O) groups excluding carboxylic acids is 1. The SMILES string of the molecule is CC1CCC(C(=O)NCC(O)COc2ccc(F)c(F)c2)CC1. The average molecular weight is 327 g/mol. The van der Waals surface area contributed by atoms with E-state index >= 15 is 0 Å². The molecule has 0 spiro atoms. The zero-order valence-corrected chi connectivity index (χ0v) is 13.2. The van der Waals surface area contributed by atoms with E-state index in [1.54, 1.807) is 0 Å². The Morgan fingerprint density at radius 3 is 2.65 bits per heavy atom. The van der Waals surface area contributed by atoms with Gasteiger partial charge in [0.1, 0.15) is 18.5 Å². The zero-order valence-electron chi connectivity index (χ0n) is 13.2. The van der Waals surface area contributed by atoms with E-state index in [1.165, 1.54) is 6.07 Å². The largest absolute Gasteiger partial charge is 0.491 e. The third-order valence-corrected chi connectivity index (χ3v) is 4.23. The summed E-state index contributed by atoms with van der Waals surface area (Å²) >= 11 is 0. The highest BCUT2D eigenvalue weighted by Crippen LogP contribution is 2.28. The molecule has 1 aliphatic carbocycles. The highest BCUT2D eigenvalue weighted by molar-refractivity contribution is 5.78. The van der Waals surface area contributed by atoms with Crippen LogP contribution in [0.25, 0.3) is 0 Å². The van der Waals surface area contributed by atoms with E-state index < -0.39 is 17.7 Å². The smallest absolute Gasteiger partial charge is 0.223 e. The van der Waals surface area contributed by atoms with E-state index in [9.17, 15) is 18.7 Å². The van der Waals surface area contributed by atoms with Crippen LogP contribution in [0.4, 0.5) is 8.78 Å². The van der Waals surface area contributed by atoms with Crippen molar-refractivity contribution in [3.63, 3.8) is 0 Å². The molecule has 4 nitrogen and oxygen atoms in total. The van der Waals surface area contributed by atoms with Crippen LogP contribution in [0.5, 0.6) is 5.75 Å². The number of hydrogen-bond donors (Lipinski definition) is 2. The lowest BCUT2D eigenvalue weighted by molar-refractivity contribution is -0.126. The fourth-order valence-corrected chi connectivity index (χ4v) is 2.70. The lowest BCUT2D eigenvalue weighted by Gasteiger charge is -2.25. The molecule has 2 rings (SSSR count). The Morgan fingerprint density at radius 2 is 2.00 bits per heavy atom. The highest BCUT2D eigenvalue weighted by atomic mass is 19.2. The molecule has 0 radical (unpaired) electrons. The molecular formula is C17H23F2NO3. The van der Waals surface area contributed by atoms with Gasteiger partial charge in [-0.05, 0) is 43.7 Å². The van der Waals surface area contributed by atoms with E-state index in [4.69, 9.17) is 4.74 Å². The van der Waals surface area contributed by atoms with Gasteiger partial charge in [-0.15, -0.1) is 0 Å². The van der Waals surface area contributed by atoms with Gasteiger partial charge in [0.25, 0.3) is 0 Å². The summed E-state index contributed by atoms with van der Waals surface area (Å²) < 4.78 is 31.0. The summed E-state index contributed by atoms with van der Waals surface area (Å²) in [6, 6.07) is 3.17. The molecule has 6 heteroatoms. The van der Waals surface area contributed by atoms with Gasteiger partial charge in [-0.3, -0.25) is 4.79 Å². The first-order chi connectivity index (χ1) is 11.0. The lowest BCUT2D eigenvalue weighted by Crippen LogP contribution is -2.39. The van der Waals surface area contributed by atoms with E-state index in [0.717, 1.165) is 37.8 Å². The molecule has 2 N–H and O–H groups in total. The Balaban J connectivity index is 1.69. The number of rotatable bonds is 6. The van der Waals surface area contributed by atoms with Crippen LogP contribution < -0.4 is 10.1 Å². The highest BCUT2D eigenvalue weighted by Gasteiger charge is 2.24. The predicted octanol–water partition coefficient (Wildman–Crippen LogP) is 2.65. The molecule has 1 saturated carbocycles. The summed E-state index contributed by atoms with van der Waals surface area (Å²) in [5.41, 5.74) is 0. The second kappa shape index (κ2) is 8.24. The van der Waals surface area contributed by atoms with Gasteiger partial charge in [0.2, 0.25) is 5.91 Å². The maximum atomic E-state index is 13.0. The molecule has 0 saturated heterocycles. The Bertz CT molecular complexity index is 531. The van der Waals surface area contributed by atoms with Gasteiger partial charge < -0.3 is 15.2 Å². The first-order valence-corrected chi connectivity index (χ1v) is 7.99. The van der Waals surface area contributed by atoms with Crippen molar-refractivity contribution in [2.45, 2.75) is 38.7 Å². The molecule has 128 valence electrons. The maximum Gasteiger partial charge on any atom is 0.223 e. The van der Waals surface area contributed by atoms with Crippen molar-refractivity contribution in [1.29, 1.82) is 0 Å². The van der Waals surface area contributed by atoms with Gasteiger partial charge in [-0.1, -0.05) is 6.92 Å². The van der Waals surface area contributed by atoms with Crippen molar-refractivity contribution in [3.8, 4) is 5.75 Å². The fraction of sp³-hybridized carbons (Fsp3) is 0.588. The molecule has 0 bridgehead atoms. The normalized spacial score (nSPS) is 22.4. The molecule has 1 amide bonds. The predicted molar refractivity (Wildman–Crippen MR) is 82.0 cm³/mol. The monoisotopic (exact) mass is 327 g/mol. The molecule has 1 fully saturated rings. The number of amides is 1. The molecule has 1 unspecified atom stereocenters. The first-order valence-electron chi connectivity index (χ1n) is 7.99. The van der Waals surface area contributed by atoms with Crippen LogP contribution in [0.3, 0.4) is 0 Å². The third kappa shape index (κ3) is 5.46. The average Bonchev–Trinajstić information content (AvgIpc) is 2.54. The lowest BCUT2D eigenvalue weighted by atomic mass is 9.82. The minimum atomic E-state index is -1.00. The third-order valence-electron chi connectivity index (χ3n) is 4.23. The number of benzene rings is 1. The summed E-state index contributed by atoms with van der Waals surface area (Å²) in [5, 5.41) is 12.5. The fourth-order valence-electron chi connectivity index (χ4n) is 2.70. The molecule has 23 heavy (non-hydrogen) atoms. The Kier molecular flexibility index (Phi) is 6.33. The van der Waals surface area contributed by atoms with Gasteiger partial charge >= 0.3 is 0 Å². The van der Waals surface area contributed by atoms with Crippen molar-refractivity contribution in [2.75, 3.05) is 13.2 Å². The number of carbonyl (C=O) groups is 1. The van der Waals surface area contributed by atoms with Crippen molar-refractivity contribution in [1.82, 2.24) is 5.32 Å². The van der Waals surface area contributed by atoms with Gasteiger partial charge in [-0.2, -0.15) is 0 Å². The molecule has 0 aliphatic heterocycles. The maximum absolute atomic E-state index is 13.0. The van der Waals surface area contributed by atoms with Crippen LogP contribution in [-0.2, 0) is 4.79 Å². The van der Waals surface area contributed by atoms with Gasteiger partial charge in [-0.25, -0.2) is 8.78 Å². The number of nitrogens with one attached hydrogen (secondary N) is 1. The molecule has 0 aromatic heterocycles. The molecule has 1 aromatic rings. The number of hydrogen-bond acceptors (Lipinski definition) is 3. The second-order valence-electron chi connectivity index (χ2n) is 6.24. The van der Waals surface area contributed by atoms with Crippen molar-refractivity contribution in [2.24, 2.45) is 11.8 Å². The standard InChI is InChI=1S/C17H23F2NO3/c1-11-2-4-12(5-3-11)17(22)20-9-13(21)10-23-14-6-7-15(18)16(19)8-14/h6-8,11-13,21H,2-5,9-10H2,1H3,(H,20,22). The second-order valence-corrected chi connectivity index (χ2v) is 6.24. The van der Waals surface area contributed by atoms with Crippen LogP contribution in [0.15, 0.2) is 18.2 Å². The number of aliphatic hydroxyl groups excluding tert-OH is 1. The Morgan fingerprint density at radius 1 is 1.30 bits per heavy atom. The van der Waals surface area contributed by atoms with Crippen molar-refractivity contribution in [3.05, 3.63) is 29.8 Å². The quantitative estimate of drug-likeness (QED) is 0.844. The number of halogens is 2. The van der Waals surface area contributed by atoms with Crippen LogP contribution >= 0.6 is 0 Å². The van der Waals surface area contributed by atoms with Crippen LogP contribution in [0.1, 0.15) is 32.6 Å². The van der Waals surface area contributed by atoms with Crippen molar-refractivity contribution >= 4 is 5.91 Å². The summed E-state index contributed by atoms with van der Waals surface area (Å²) in [7, 11) is 0. The topological polar surface area (TPSA) is 58.6 Å². The molecule has 1 atom stereocenters. The van der Waals surface area contributed by atoms with E-state index in [1.807, 2.05) is 0 Å². The van der Waals surface area contributed by atoms with E-state index in [2.05, 4.69) is 12.2 Å². The summed E-state index contributed by atoms with van der Waals surface area (Å²) in [6.07, 6.45) is 2.97. The summed E-state index contributed by atoms with van der Waals surface area (Å²) in [6.45, 7) is 2.16. The Labute approximate surface area is 134 Å². The van der Waals surface area contributed by atoms with Gasteiger partial charge in [0.05, 0.1) is 0 Å². The Hall–Kier alpha value is -1.69. The number of aliphatic hydroxyl groups is 1. The van der Waals surface area contributed by atoms with Crippen LogP contribution in [-0.4, -0.2) is 30.3 Å².